The van der Waals surface area contributed by atoms with Gasteiger partial charge < -0.3 is 20.5 Å². The zero-order valence-corrected chi connectivity index (χ0v) is 16.5. The summed E-state index contributed by atoms with van der Waals surface area (Å²) < 4.78 is 10.8. The molecule has 7 heteroatoms. The van der Waals surface area contributed by atoms with E-state index in [4.69, 9.17) is 26.8 Å². The summed E-state index contributed by atoms with van der Waals surface area (Å²) >= 11 is 6.47. The molecule has 3 rings (SSSR count). The van der Waals surface area contributed by atoms with Crippen LogP contribution in [0.1, 0.15) is 17.2 Å². The number of ether oxygens (including phenoxy) is 2. The average Bonchev–Trinajstić information content (AvgIpc) is 2.72. The van der Waals surface area contributed by atoms with E-state index in [2.05, 4.69) is 16.3 Å². The number of hydrogen-bond donors (Lipinski definition) is 2. The molecule has 150 valence electrons. The zero-order chi connectivity index (χ0) is 19.8. The van der Waals surface area contributed by atoms with Crippen molar-refractivity contribution in [3.05, 3.63) is 64.7 Å². The largest absolute Gasteiger partial charge is 0.484 e. The molecule has 2 aromatic carbocycles. The number of nitrogens with zero attached hydrogens (tertiary/aromatic N) is 1. The van der Waals surface area contributed by atoms with Crippen LogP contribution in [0, 0.1) is 0 Å². The van der Waals surface area contributed by atoms with Crippen LogP contribution in [0.15, 0.2) is 48.5 Å². The number of amides is 1. The van der Waals surface area contributed by atoms with Gasteiger partial charge in [-0.05, 0) is 29.3 Å². The number of morpholine rings is 1. The van der Waals surface area contributed by atoms with Crippen molar-refractivity contribution in [2.75, 3.05) is 39.5 Å². The number of benzene rings is 2. The third kappa shape index (κ3) is 5.94. The number of carbonyl (C=O) groups is 1. The van der Waals surface area contributed by atoms with Gasteiger partial charge in [-0.2, -0.15) is 0 Å². The molecule has 1 amide bonds. The number of halogens is 1. The predicted octanol–water partition coefficient (Wildman–Crippen LogP) is 2.37. The Balaban J connectivity index is 1.59. The van der Waals surface area contributed by atoms with Gasteiger partial charge in [0.05, 0.1) is 13.2 Å². The van der Waals surface area contributed by atoms with Crippen LogP contribution in [0.3, 0.4) is 0 Å². The Kier molecular flexibility index (Phi) is 7.68. The maximum absolute atomic E-state index is 10.8. The highest BCUT2D eigenvalue weighted by Crippen LogP contribution is 2.27. The van der Waals surface area contributed by atoms with Gasteiger partial charge in [-0.3, -0.25) is 9.69 Å². The summed E-state index contributed by atoms with van der Waals surface area (Å²) in [5, 5.41) is 4.33. The van der Waals surface area contributed by atoms with Gasteiger partial charge in [-0.1, -0.05) is 41.9 Å². The fraction of sp³-hybridized carbons (Fsp3) is 0.381. The lowest BCUT2D eigenvalue weighted by Crippen LogP contribution is -2.42. The quantitative estimate of drug-likeness (QED) is 0.672. The van der Waals surface area contributed by atoms with Crippen LogP contribution < -0.4 is 15.8 Å². The van der Waals surface area contributed by atoms with Gasteiger partial charge >= 0.3 is 0 Å². The van der Waals surface area contributed by atoms with E-state index in [0.717, 1.165) is 55.5 Å². The van der Waals surface area contributed by atoms with Crippen LogP contribution in [-0.2, 0) is 16.1 Å². The first-order chi connectivity index (χ1) is 13.6. The summed E-state index contributed by atoms with van der Waals surface area (Å²) in [4.78, 5) is 13.2. The first-order valence-corrected chi connectivity index (χ1v) is 9.78. The molecule has 1 saturated heterocycles. The number of primary amides is 1. The third-order valence-corrected chi connectivity index (χ3v) is 5.07. The second-order valence-electron chi connectivity index (χ2n) is 6.72. The minimum absolute atomic E-state index is 0.114. The highest BCUT2D eigenvalue weighted by atomic mass is 35.5. The highest BCUT2D eigenvalue weighted by Gasteiger charge is 2.23. The summed E-state index contributed by atoms with van der Waals surface area (Å²) in [6, 6.07) is 15.8. The Hall–Kier alpha value is -2.12. The van der Waals surface area contributed by atoms with Crippen molar-refractivity contribution in [1.29, 1.82) is 0 Å². The molecule has 1 atom stereocenters. The summed E-state index contributed by atoms with van der Waals surface area (Å²) in [5.74, 6) is 0.143. The first kappa shape index (κ1) is 20.6. The lowest BCUT2D eigenvalue weighted by Gasteiger charge is -2.35. The van der Waals surface area contributed by atoms with Crippen molar-refractivity contribution in [3.8, 4) is 5.75 Å². The van der Waals surface area contributed by atoms with Crippen molar-refractivity contribution < 1.29 is 14.3 Å². The van der Waals surface area contributed by atoms with Crippen molar-refractivity contribution >= 4 is 17.5 Å². The minimum atomic E-state index is -0.487. The van der Waals surface area contributed by atoms with Gasteiger partial charge in [0, 0.05) is 37.2 Å². The van der Waals surface area contributed by atoms with Crippen molar-refractivity contribution in [1.82, 2.24) is 10.2 Å². The van der Waals surface area contributed by atoms with Crippen LogP contribution in [0.2, 0.25) is 5.02 Å². The molecular weight excluding hydrogens is 378 g/mol. The normalized spacial score (nSPS) is 15.9. The minimum Gasteiger partial charge on any atom is -0.484 e. The monoisotopic (exact) mass is 403 g/mol. The van der Waals surface area contributed by atoms with Crippen molar-refractivity contribution in [2.24, 2.45) is 5.73 Å². The van der Waals surface area contributed by atoms with E-state index in [1.807, 2.05) is 42.5 Å². The Morgan fingerprint density at radius 3 is 2.57 bits per heavy atom. The molecule has 3 N–H and O–H groups in total. The van der Waals surface area contributed by atoms with Gasteiger partial charge in [0.1, 0.15) is 5.75 Å². The van der Waals surface area contributed by atoms with E-state index in [0.29, 0.717) is 5.75 Å². The molecule has 1 heterocycles. The average molecular weight is 404 g/mol. The molecule has 1 aliphatic heterocycles. The van der Waals surface area contributed by atoms with Gasteiger partial charge in [-0.15, -0.1) is 0 Å². The standard InChI is InChI=1S/C21H26ClN3O3/c22-19-4-2-1-3-18(19)20(25-9-11-27-12-10-25)14-24-13-16-5-7-17(8-6-16)28-15-21(23)26/h1-8,20,24H,9-15H2,(H2,23,26)/t20-/m1/s1. The van der Waals surface area contributed by atoms with Crippen LogP contribution in [-0.4, -0.2) is 50.3 Å². The Bertz CT molecular complexity index is 764. The maximum atomic E-state index is 10.8. The second kappa shape index (κ2) is 10.4. The van der Waals surface area contributed by atoms with Gasteiger partial charge in [0.2, 0.25) is 0 Å². The smallest absolute Gasteiger partial charge is 0.255 e. The molecule has 0 aromatic heterocycles. The fourth-order valence-corrected chi connectivity index (χ4v) is 3.54. The Labute approximate surface area is 170 Å². The summed E-state index contributed by atoms with van der Waals surface area (Å²) in [5.41, 5.74) is 7.35. The number of nitrogens with one attached hydrogen (secondary N) is 1. The first-order valence-electron chi connectivity index (χ1n) is 9.40. The topological polar surface area (TPSA) is 76.8 Å². The molecule has 0 spiro atoms. The molecular formula is C21H26ClN3O3. The molecule has 2 aromatic rings. The molecule has 28 heavy (non-hydrogen) atoms. The van der Waals surface area contributed by atoms with Crippen molar-refractivity contribution in [2.45, 2.75) is 12.6 Å². The van der Waals surface area contributed by atoms with Gasteiger partial charge in [-0.25, -0.2) is 0 Å². The zero-order valence-electron chi connectivity index (χ0n) is 15.8. The fourth-order valence-electron chi connectivity index (χ4n) is 3.28. The summed E-state index contributed by atoms with van der Waals surface area (Å²) in [7, 11) is 0. The third-order valence-electron chi connectivity index (χ3n) is 4.72. The molecule has 6 nitrogen and oxygen atoms in total. The lowest BCUT2D eigenvalue weighted by atomic mass is 10.0. The Morgan fingerprint density at radius 1 is 1.18 bits per heavy atom. The van der Waals surface area contributed by atoms with Crippen LogP contribution in [0.4, 0.5) is 0 Å². The van der Waals surface area contributed by atoms with E-state index in [-0.39, 0.29) is 12.6 Å². The molecule has 1 fully saturated rings. The number of nitrogens with two attached hydrogens (primary N) is 1. The van der Waals surface area contributed by atoms with E-state index < -0.39 is 5.91 Å². The summed E-state index contributed by atoms with van der Waals surface area (Å²) in [6.07, 6.45) is 0. The van der Waals surface area contributed by atoms with E-state index in [1.165, 1.54) is 0 Å². The SMILES string of the molecule is NC(=O)COc1ccc(CNC[C@H](c2ccccc2Cl)N2CCOCC2)cc1. The van der Waals surface area contributed by atoms with E-state index in [9.17, 15) is 4.79 Å². The van der Waals surface area contributed by atoms with Gasteiger partial charge in [0.15, 0.2) is 6.61 Å². The lowest BCUT2D eigenvalue weighted by molar-refractivity contribution is -0.119. The Morgan fingerprint density at radius 2 is 1.89 bits per heavy atom. The van der Waals surface area contributed by atoms with Crippen LogP contribution in [0.25, 0.3) is 0 Å². The predicted molar refractivity (Wildman–Crippen MR) is 109 cm³/mol. The maximum Gasteiger partial charge on any atom is 0.255 e. The molecule has 0 saturated carbocycles. The number of carbonyl (C=O) groups excluding carboxylic acids is 1. The summed E-state index contributed by atoms with van der Waals surface area (Å²) in [6.45, 7) is 4.66. The highest BCUT2D eigenvalue weighted by molar-refractivity contribution is 6.31. The second-order valence-corrected chi connectivity index (χ2v) is 7.12. The molecule has 1 aliphatic rings. The molecule has 0 radical (unpaired) electrons. The van der Waals surface area contributed by atoms with Crippen LogP contribution >= 0.6 is 11.6 Å². The van der Waals surface area contributed by atoms with E-state index >= 15 is 0 Å². The molecule has 0 bridgehead atoms. The van der Waals surface area contributed by atoms with Crippen LogP contribution in [0.5, 0.6) is 5.75 Å². The number of hydrogen-bond acceptors (Lipinski definition) is 5. The van der Waals surface area contributed by atoms with E-state index in [1.54, 1.807) is 0 Å². The van der Waals surface area contributed by atoms with Crippen molar-refractivity contribution in [3.63, 3.8) is 0 Å². The number of rotatable bonds is 9. The molecule has 0 aliphatic carbocycles. The van der Waals surface area contributed by atoms with Gasteiger partial charge in [0.25, 0.3) is 5.91 Å². The molecule has 0 unspecified atom stereocenters.